The van der Waals surface area contributed by atoms with Crippen LogP contribution < -0.4 is 32.4 Å². The zero-order valence-electron chi connectivity index (χ0n) is 32.3. The van der Waals surface area contributed by atoms with Crippen LogP contribution in [0.2, 0.25) is 0 Å². The Balaban J connectivity index is 0.000000211. The number of aromatic nitrogens is 4. The van der Waals surface area contributed by atoms with Gasteiger partial charge < -0.3 is 32.4 Å². The fourth-order valence-corrected chi connectivity index (χ4v) is 6.78. The van der Waals surface area contributed by atoms with Crippen molar-refractivity contribution >= 4 is 29.3 Å². The minimum atomic E-state index is -0.245. The van der Waals surface area contributed by atoms with E-state index in [1.165, 1.54) is 28.5 Å². The van der Waals surface area contributed by atoms with Crippen molar-refractivity contribution in [3.63, 3.8) is 0 Å². The quantitative estimate of drug-likeness (QED) is 0.0913. The van der Waals surface area contributed by atoms with E-state index >= 15 is 0 Å². The second kappa shape index (κ2) is 18.0. The SMILES string of the molecule is COc1cc(C(=O)c2cnc(N)nc2N)c(C(C)Cc2ccccc2)cc1C.COc1cc(Cc2cnc(N)nc2N)c(C(C)Cc2ccccc2)cc1C. The number of anilines is 4. The van der Waals surface area contributed by atoms with Crippen LogP contribution in [0.1, 0.15) is 86.1 Å². The van der Waals surface area contributed by atoms with Gasteiger partial charge in [-0.25, -0.2) is 9.97 Å². The van der Waals surface area contributed by atoms with Crippen molar-refractivity contribution in [2.24, 2.45) is 0 Å². The summed E-state index contributed by atoms with van der Waals surface area (Å²) in [4.78, 5) is 29.3. The number of nitrogens with two attached hydrogens (primary N) is 4. The molecule has 2 unspecified atom stereocenters. The molecule has 2 heterocycles. The summed E-state index contributed by atoms with van der Waals surface area (Å²) in [6.07, 6.45) is 5.48. The number of nitrogen functional groups attached to an aromatic ring is 4. The number of ether oxygens (including phenoxy) is 2. The van der Waals surface area contributed by atoms with Crippen LogP contribution in [0.25, 0.3) is 0 Å². The van der Waals surface area contributed by atoms with E-state index in [9.17, 15) is 4.79 Å². The van der Waals surface area contributed by atoms with Crippen LogP contribution in [0.5, 0.6) is 11.5 Å². The number of rotatable bonds is 12. The first-order valence-electron chi connectivity index (χ1n) is 18.1. The second-order valence-corrected chi connectivity index (χ2v) is 13.8. The molecule has 0 spiro atoms. The number of hydrogen-bond acceptors (Lipinski definition) is 11. The van der Waals surface area contributed by atoms with Gasteiger partial charge in [0.15, 0.2) is 5.78 Å². The molecule has 0 fully saturated rings. The molecule has 0 aliphatic heterocycles. The average molecular weight is 739 g/mol. The maximum Gasteiger partial charge on any atom is 0.221 e. The van der Waals surface area contributed by atoms with Gasteiger partial charge in [-0.1, -0.05) is 86.6 Å². The summed E-state index contributed by atoms with van der Waals surface area (Å²) >= 11 is 0. The van der Waals surface area contributed by atoms with Crippen LogP contribution >= 0.6 is 0 Å². The molecular weight excluding hydrogens is 689 g/mol. The van der Waals surface area contributed by atoms with Gasteiger partial charge in [0, 0.05) is 29.9 Å². The molecule has 4 aromatic carbocycles. The van der Waals surface area contributed by atoms with Gasteiger partial charge in [-0.3, -0.25) is 4.79 Å². The standard InChI is InChI=1S/C22H24N4O2.C22H26N4O/c1-13(9-15-7-5-4-6-8-15)16-10-14(2)19(28-3)11-17(16)20(27)18-12-25-22(24)26-21(18)23;1-14(9-16-7-5-4-6-8-16)19-10-15(2)20(27-3)12-17(19)11-18-13-25-22(24)26-21(18)23/h4-8,10-13H,9H2,1-3H3,(H4,23,24,25,26);4-8,10,12-14H,9,11H2,1-3H3,(H4,23,24,25,26). The van der Waals surface area contributed by atoms with E-state index in [0.717, 1.165) is 40.8 Å². The topological polar surface area (TPSA) is 191 Å². The molecule has 11 nitrogen and oxygen atoms in total. The van der Waals surface area contributed by atoms with Crippen LogP contribution in [0.3, 0.4) is 0 Å². The molecule has 11 heteroatoms. The monoisotopic (exact) mass is 738 g/mol. The first kappa shape index (κ1) is 39.7. The lowest BCUT2D eigenvalue weighted by molar-refractivity contribution is 0.103. The molecule has 6 aromatic rings. The third kappa shape index (κ3) is 9.94. The highest BCUT2D eigenvalue weighted by Gasteiger charge is 2.23. The van der Waals surface area contributed by atoms with Crippen molar-refractivity contribution in [2.45, 2.75) is 58.8 Å². The van der Waals surface area contributed by atoms with Crippen LogP contribution in [-0.2, 0) is 19.3 Å². The van der Waals surface area contributed by atoms with Crippen molar-refractivity contribution < 1.29 is 14.3 Å². The van der Waals surface area contributed by atoms with Crippen molar-refractivity contribution in [2.75, 3.05) is 37.2 Å². The van der Waals surface area contributed by atoms with E-state index in [-0.39, 0.29) is 35.0 Å². The van der Waals surface area contributed by atoms with Gasteiger partial charge in [0.1, 0.15) is 23.1 Å². The summed E-state index contributed by atoms with van der Waals surface area (Å²) in [5.74, 6) is 2.45. The number of hydrogen-bond donors (Lipinski definition) is 4. The normalized spacial score (nSPS) is 11.9. The van der Waals surface area contributed by atoms with E-state index in [2.05, 4.69) is 89.2 Å². The van der Waals surface area contributed by atoms with E-state index in [0.29, 0.717) is 29.5 Å². The van der Waals surface area contributed by atoms with Crippen LogP contribution in [0.4, 0.5) is 23.5 Å². The Labute approximate surface area is 323 Å². The van der Waals surface area contributed by atoms with Gasteiger partial charge in [0.2, 0.25) is 11.9 Å². The maximum absolute atomic E-state index is 13.3. The summed E-state index contributed by atoms with van der Waals surface area (Å²) in [5, 5.41) is 0. The zero-order valence-corrected chi connectivity index (χ0v) is 32.3. The van der Waals surface area contributed by atoms with Crippen molar-refractivity contribution in [3.8, 4) is 11.5 Å². The number of aryl methyl sites for hydroxylation is 2. The molecule has 2 atom stereocenters. The van der Waals surface area contributed by atoms with Gasteiger partial charge >= 0.3 is 0 Å². The Bertz CT molecular complexity index is 2250. The Morgan fingerprint density at radius 3 is 1.64 bits per heavy atom. The summed E-state index contributed by atoms with van der Waals surface area (Å²) in [5.41, 5.74) is 32.8. The molecule has 0 aliphatic carbocycles. The Morgan fingerprint density at radius 1 is 0.618 bits per heavy atom. The fourth-order valence-electron chi connectivity index (χ4n) is 6.78. The highest BCUT2D eigenvalue weighted by Crippen LogP contribution is 2.34. The largest absolute Gasteiger partial charge is 0.496 e. The van der Waals surface area contributed by atoms with Gasteiger partial charge in [0.25, 0.3) is 0 Å². The molecule has 0 bridgehead atoms. The predicted molar refractivity (Wildman–Crippen MR) is 221 cm³/mol. The minimum Gasteiger partial charge on any atom is -0.496 e. The lowest BCUT2D eigenvalue weighted by Gasteiger charge is -2.20. The third-order valence-electron chi connectivity index (χ3n) is 9.68. The summed E-state index contributed by atoms with van der Waals surface area (Å²) in [6.45, 7) is 8.39. The number of benzene rings is 4. The number of nitrogens with zero attached hydrogens (tertiary/aromatic N) is 4. The molecular formula is C44H50N8O3. The predicted octanol–water partition coefficient (Wildman–Crippen LogP) is 7.43. The lowest BCUT2D eigenvalue weighted by Crippen LogP contribution is -2.14. The van der Waals surface area contributed by atoms with E-state index in [1.807, 2.05) is 37.3 Å². The third-order valence-corrected chi connectivity index (χ3v) is 9.68. The van der Waals surface area contributed by atoms with E-state index < -0.39 is 0 Å². The molecule has 2 aromatic heterocycles. The molecule has 0 aliphatic rings. The number of methoxy groups -OCH3 is 2. The van der Waals surface area contributed by atoms with Gasteiger partial charge in [-0.2, -0.15) is 9.97 Å². The fraction of sp³-hybridized carbons (Fsp3) is 0.250. The Kier molecular flexibility index (Phi) is 13.0. The van der Waals surface area contributed by atoms with Gasteiger partial charge in [-0.15, -0.1) is 0 Å². The van der Waals surface area contributed by atoms with E-state index in [4.69, 9.17) is 32.4 Å². The van der Waals surface area contributed by atoms with Crippen LogP contribution in [-0.4, -0.2) is 39.9 Å². The van der Waals surface area contributed by atoms with Crippen molar-refractivity contribution in [3.05, 3.63) is 153 Å². The Morgan fingerprint density at radius 2 is 1.11 bits per heavy atom. The van der Waals surface area contributed by atoms with Gasteiger partial charge in [-0.05, 0) is 89.6 Å². The van der Waals surface area contributed by atoms with Crippen molar-refractivity contribution in [1.82, 2.24) is 19.9 Å². The van der Waals surface area contributed by atoms with Gasteiger partial charge in [0.05, 0.1) is 19.8 Å². The summed E-state index contributed by atoms with van der Waals surface area (Å²) < 4.78 is 11.0. The first-order chi connectivity index (χ1) is 26.4. The van der Waals surface area contributed by atoms with Crippen LogP contribution in [0.15, 0.2) is 97.3 Å². The molecule has 0 radical (unpaired) electrons. The second-order valence-electron chi connectivity index (χ2n) is 13.8. The average Bonchev–Trinajstić information content (AvgIpc) is 3.17. The minimum absolute atomic E-state index is 0.0354. The Hall–Kier alpha value is -6.49. The number of carbonyl (C=O) groups is 1. The zero-order chi connectivity index (χ0) is 39.6. The molecule has 6 rings (SSSR count). The number of ketones is 1. The molecule has 0 amide bonds. The molecule has 0 saturated carbocycles. The van der Waals surface area contributed by atoms with E-state index in [1.54, 1.807) is 26.5 Å². The molecule has 0 saturated heterocycles. The first-order valence-corrected chi connectivity index (χ1v) is 18.1. The van der Waals surface area contributed by atoms with Crippen LogP contribution in [0, 0.1) is 13.8 Å². The number of carbonyl (C=O) groups excluding carboxylic acids is 1. The van der Waals surface area contributed by atoms with Crippen molar-refractivity contribution in [1.29, 1.82) is 0 Å². The summed E-state index contributed by atoms with van der Waals surface area (Å²) in [6, 6.07) is 28.8. The maximum atomic E-state index is 13.3. The highest BCUT2D eigenvalue weighted by molar-refractivity contribution is 6.12. The molecule has 55 heavy (non-hydrogen) atoms. The highest BCUT2D eigenvalue weighted by atomic mass is 16.5. The smallest absolute Gasteiger partial charge is 0.221 e. The molecule has 8 N–H and O–H groups in total. The summed E-state index contributed by atoms with van der Waals surface area (Å²) in [7, 11) is 3.28. The molecule has 284 valence electrons. The lowest BCUT2D eigenvalue weighted by atomic mass is 9.86.